The summed E-state index contributed by atoms with van der Waals surface area (Å²) < 4.78 is 2.04. The summed E-state index contributed by atoms with van der Waals surface area (Å²) in [5, 5.41) is 10.8. The molecule has 0 aliphatic heterocycles. The highest BCUT2D eigenvalue weighted by Crippen LogP contribution is 2.33. The van der Waals surface area contributed by atoms with Crippen molar-refractivity contribution < 1.29 is 4.79 Å². The summed E-state index contributed by atoms with van der Waals surface area (Å²) in [5.41, 5.74) is 4.09. The Morgan fingerprint density at radius 2 is 1.81 bits per heavy atom. The fourth-order valence-electron chi connectivity index (χ4n) is 3.63. The van der Waals surface area contributed by atoms with Crippen LogP contribution in [0.15, 0.2) is 85.2 Å². The number of aryl methyl sites for hydroxylation is 1. The van der Waals surface area contributed by atoms with Crippen LogP contribution in [-0.4, -0.2) is 49.4 Å². The van der Waals surface area contributed by atoms with Crippen molar-refractivity contribution in [1.29, 1.82) is 0 Å². The molecule has 0 aliphatic rings. The zero-order chi connectivity index (χ0) is 22.5. The predicted octanol–water partition coefficient (Wildman–Crippen LogP) is 5.02. The maximum Gasteiger partial charge on any atom is 0.233 e. The van der Waals surface area contributed by atoms with Crippen molar-refractivity contribution in [3.63, 3.8) is 0 Å². The van der Waals surface area contributed by atoms with Crippen LogP contribution >= 0.6 is 11.8 Å². The number of hydrogen-bond acceptors (Lipinski definition) is 4. The third kappa shape index (κ3) is 4.24. The molecule has 0 fully saturated rings. The van der Waals surface area contributed by atoms with E-state index < -0.39 is 0 Å². The molecule has 7 heteroatoms. The molecular weight excluding hydrogens is 418 g/mol. The molecule has 1 N–H and O–H groups in total. The van der Waals surface area contributed by atoms with Crippen LogP contribution in [0.1, 0.15) is 5.56 Å². The number of nitrogens with one attached hydrogen (secondary N) is 1. The Labute approximate surface area is 191 Å². The summed E-state index contributed by atoms with van der Waals surface area (Å²) in [4.78, 5) is 17.8. The van der Waals surface area contributed by atoms with Crippen molar-refractivity contribution >= 4 is 28.6 Å². The molecule has 0 spiro atoms. The third-order valence-corrected chi connectivity index (χ3v) is 6.11. The molecule has 4 aromatic rings. The highest BCUT2D eigenvalue weighted by atomic mass is 32.2. The first-order valence-corrected chi connectivity index (χ1v) is 11.3. The van der Waals surface area contributed by atoms with E-state index >= 15 is 0 Å². The van der Waals surface area contributed by atoms with Crippen LogP contribution in [0.25, 0.3) is 28.0 Å². The Morgan fingerprint density at radius 3 is 2.56 bits per heavy atom. The third-order valence-electron chi connectivity index (χ3n) is 5.20. The van der Waals surface area contributed by atoms with Crippen molar-refractivity contribution in [3.8, 4) is 17.1 Å². The summed E-state index contributed by atoms with van der Waals surface area (Å²) in [6, 6.07) is 16.2. The van der Waals surface area contributed by atoms with Crippen molar-refractivity contribution in [1.82, 2.24) is 24.6 Å². The maximum atomic E-state index is 12.8. The van der Waals surface area contributed by atoms with Gasteiger partial charge in [-0.25, -0.2) is 0 Å². The number of thioether (sulfide) groups is 1. The molecule has 0 aliphatic carbocycles. The van der Waals surface area contributed by atoms with E-state index in [-0.39, 0.29) is 11.7 Å². The number of fused-ring (bicyclic) bond motifs is 1. The molecule has 0 saturated carbocycles. The molecule has 1 amide bonds. The quantitative estimate of drug-likeness (QED) is 0.291. The van der Waals surface area contributed by atoms with E-state index in [0.717, 1.165) is 33.5 Å². The van der Waals surface area contributed by atoms with Crippen LogP contribution in [0.2, 0.25) is 0 Å². The van der Waals surface area contributed by atoms with Gasteiger partial charge in [-0.3, -0.25) is 9.36 Å². The topological polar surface area (TPSA) is 66.8 Å². The molecule has 0 unspecified atom stereocenters. The number of amides is 1. The molecule has 2 heterocycles. The van der Waals surface area contributed by atoms with E-state index in [1.54, 1.807) is 17.1 Å². The van der Waals surface area contributed by atoms with E-state index in [1.165, 1.54) is 11.8 Å². The van der Waals surface area contributed by atoms with Gasteiger partial charge in [0.25, 0.3) is 0 Å². The SMILES string of the molecule is C=CCN(CC=C)C(=O)CSc1nnc(-c2c[nH]c3ccccc23)n1-c1ccccc1C. The van der Waals surface area contributed by atoms with Crippen molar-refractivity contribution in [2.24, 2.45) is 0 Å². The van der Waals surface area contributed by atoms with Gasteiger partial charge in [0.1, 0.15) is 0 Å². The molecule has 0 atom stereocenters. The van der Waals surface area contributed by atoms with Crippen LogP contribution < -0.4 is 0 Å². The lowest BCUT2D eigenvalue weighted by Gasteiger charge is -2.19. The van der Waals surface area contributed by atoms with E-state index in [1.807, 2.05) is 47.2 Å². The van der Waals surface area contributed by atoms with Gasteiger partial charge in [0.15, 0.2) is 11.0 Å². The first kappa shape index (κ1) is 21.6. The number of benzene rings is 2. The largest absolute Gasteiger partial charge is 0.360 e. The minimum Gasteiger partial charge on any atom is -0.360 e. The van der Waals surface area contributed by atoms with Crippen LogP contribution in [0.5, 0.6) is 0 Å². The number of aromatic amines is 1. The maximum absolute atomic E-state index is 12.8. The Morgan fingerprint density at radius 1 is 1.09 bits per heavy atom. The minimum atomic E-state index is 0.00257. The van der Waals surface area contributed by atoms with Crippen LogP contribution in [0.3, 0.4) is 0 Å². The standard InChI is InChI=1S/C25H25N5OS/c1-4-14-29(15-5-2)23(31)17-32-25-28-27-24(30(25)22-13-9-6-10-18(22)3)20-16-26-21-12-8-7-11-19(20)21/h4-13,16,26H,1-2,14-15,17H2,3H3. The molecular formula is C25H25N5OS. The Hall–Kier alpha value is -3.58. The molecule has 0 bridgehead atoms. The summed E-state index contributed by atoms with van der Waals surface area (Å²) in [6.07, 6.45) is 5.40. The molecule has 32 heavy (non-hydrogen) atoms. The van der Waals surface area contributed by atoms with Gasteiger partial charge in [-0.1, -0.05) is 60.3 Å². The van der Waals surface area contributed by atoms with Gasteiger partial charge in [0.05, 0.1) is 11.4 Å². The smallest absolute Gasteiger partial charge is 0.233 e. The van der Waals surface area contributed by atoms with Gasteiger partial charge in [-0.15, -0.1) is 23.4 Å². The first-order chi connectivity index (χ1) is 15.6. The predicted molar refractivity (Wildman–Crippen MR) is 131 cm³/mol. The molecule has 2 aromatic carbocycles. The van der Waals surface area contributed by atoms with E-state index in [0.29, 0.717) is 18.2 Å². The van der Waals surface area contributed by atoms with Gasteiger partial charge >= 0.3 is 0 Å². The van der Waals surface area contributed by atoms with Crippen molar-refractivity contribution in [2.45, 2.75) is 12.1 Å². The lowest BCUT2D eigenvalue weighted by molar-refractivity contribution is -0.127. The van der Waals surface area contributed by atoms with Crippen molar-refractivity contribution in [2.75, 3.05) is 18.8 Å². The van der Waals surface area contributed by atoms with Crippen LogP contribution in [0, 0.1) is 6.92 Å². The average Bonchev–Trinajstić information content (AvgIpc) is 3.41. The Bertz CT molecular complexity index is 1260. The average molecular weight is 444 g/mol. The highest BCUT2D eigenvalue weighted by Gasteiger charge is 2.21. The molecule has 6 nitrogen and oxygen atoms in total. The number of rotatable bonds is 9. The normalized spacial score (nSPS) is 10.9. The number of aromatic nitrogens is 4. The van der Waals surface area contributed by atoms with E-state index in [4.69, 9.17) is 0 Å². The van der Waals surface area contributed by atoms with Gasteiger partial charge < -0.3 is 9.88 Å². The lowest BCUT2D eigenvalue weighted by atomic mass is 10.1. The van der Waals surface area contributed by atoms with Crippen LogP contribution in [0.4, 0.5) is 0 Å². The zero-order valence-electron chi connectivity index (χ0n) is 18.0. The number of carbonyl (C=O) groups is 1. The Balaban J connectivity index is 1.74. The van der Waals surface area contributed by atoms with Gasteiger partial charge in [0, 0.05) is 35.8 Å². The number of nitrogens with zero attached hydrogens (tertiary/aromatic N) is 4. The fourth-order valence-corrected chi connectivity index (χ4v) is 4.48. The summed E-state index contributed by atoms with van der Waals surface area (Å²) >= 11 is 1.38. The second-order valence-corrected chi connectivity index (χ2v) is 8.28. The van der Waals surface area contributed by atoms with Crippen molar-refractivity contribution in [3.05, 3.63) is 85.6 Å². The zero-order valence-corrected chi connectivity index (χ0v) is 18.8. The van der Waals surface area contributed by atoms with E-state index in [9.17, 15) is 4.79 Å². The Kier molecular flexibility index (Phi) is 6.56. The molecule has 0 saturated heterocycles. The van der Waals surface area contributed by atoms with Crippen LogP contribution in [-0.2, 0) is 4.79 Å². The summed E-state index contributed by atoms with van der Waals surface area (Å²) in [5.74, 6) is 0.989. The number of carbonyl (C=O) groups excluding carboxylic acids is 1. The number of para-hydroxylation sites is 2. The second kappa shape index (κ2) is 9.70. The summed E-state index contributed by atoms with van der Waals surface area (Å²) in [7, 11) is 0. The van der Waals surface area contributed by atoms with Gasteiger partial charge in [-0.05, 0) is 24.6 Å². The lowest BCUT2D eigenvalue weighted by Crippen LogP contribution is -2.32. The first-order valence-electron chi connectivity index (χ1n) is 10.3. The second-order valence-electron chi connectivity index (χ2n) is 7.34. The molecule has 0 radical (unpaired) electrons. The number of hydrogen-bond donors (Lipinski definition) is 1. The fraction of sp³-hybridized carbons (Fsp3) is 0.160. The molecule has 2 aromatic heterocycles. The molecule has 162 valence electrons. The molecule has 4 rings (SSSR count). The number of H-pyrrole nitrogens is 1. The summed E-state index contributed by atoms with van der Waals surface area (Å²) in [6.45, 7) is 10.5. The van der Waals surface area contributed by atoms with Gasteiger partial charge in [0.2, 0.25) is 5.91 Å². The highest BCUT2D eigenvalue weighted by molar-refractivity contribution is 7.99. The van der Waals surface area contributed by atoms with E-state index in [2.05, 4.69) is 47.4 Å². The van der Waals surface area contributed by atoms with Gasteiger partial charge in [-0.2, -0.15) is 0 Å². The minimum absolute atomic E-state index is 0.00257. The monoisotopic (exact) mass is 443 g/mol.